The number of benzene rings is 4. The van der Waals surface area contributed by atoms with E-state index < -0.39 is 0 Å². The molecule has 4 aromatic rings. The van der Waals surface area contributed by atoms with Crippen molar-refractivity contribution in [1.82, 2.24) is 0 Å². The van der Waals surface area contributed by atoms with Gasteiger partial charge in [0.25, 0.3) is 0 Å². The molecule has 1 aliphatic rings. The molecule has 160 valence electrons. The quantitative estimate of drug-likeness (QED) is 0.358. The van der Waals surface area contributed by atoms with E-state index in [0.717, 1.165) is 24.5 Å². The Morgan fingerprint density at radius 1 is 0.781 bits per heavy atom. The Balaban J connectivity index is 1.45. The van der Waals surface area contributed by atoms with Gasteiger partial charge in [-0.15, -0.1) is 0 Å². The van der Waals surface area contributed by atoms with Crippen LogP contribution in [0.25, 0.3) is 0 Å². The number of nitrogens with zero attached hydrogens (tertiary/aromatic N) is 1. The molecule has 0 aliphatic carbocycles. The number of ether oxygens (including phenoxy) is 2. The highest BCUT2D eigenvalue weighted by Gasteiger charge is 2.29. The topological polar surface area (TPSA) is 21.7 Å². The molecule has 0 amide bonds. The summed E-state index contributed by atoms with van der Waals surface area (Å²) in [5.41, 5.74) is 6.35. The van der Waals surface area contributed by atoms with Crippen LogP contribution in [-0.2, 0) is 13.0 Å². The van der Waals surface area contributed by atoms with Gasteiger partial charge in [0.2, 0.25) is 0 Å². The Morgan fingerprint density at radius 3 is 2.19 bits per heavy atom. The van der Waals surface area contributed by atoms with Crippen LogP contribution in [0.2, 0.25) is 0 Å². The Bertz CT molecular complexity index is 1160. The van der Waals surface area contributed by atoms with Crippen LogP contribution >= 0.6 is 0 Å². The van der Waals surface area contributed by atoms with Gasteiger partial charge in [0.15, 0.2) is 0 Å². The predicted molar refractivity (Wildman–Crippen MR) is 130 cm³/mol. The molecule has 0 bridgehead atoms. The van der Waals surface area contributed by atoms with Crippen LogP contribution in [0.5, 0.6) is 11.5 Å². The minimum atomic E-state index is 0.148. The summed E-state index contributed by atoms with van der Waals surface area (Å²) in [5.74, 6) is 1.80. The molecule has 5 rings (SSSR count). The summed E-state index contributed by atoms with van der Waals surface area (Å²) in [5, 5.41) is 0. The van der Waals surface area contributed by atoms with Crippen molar-refractivity contribution in [2.75, 3.05) is 18.6 Å². The van der Waals surface area contributed by atoms with Crippen molar-refractivity contribution in [1.29, 1.82) is 0 Å². The summed E-state index contributed by atoms with van der Waals surface area (Å²) in [7, 11) is 1.73. The fourth-order valence-electron chi connectivity index (χ4n) is 4.47. The molecular formula is C29H27NO2. The van der Waals surface area contributed by atoms with E-state index in [0.29, 0.717) is 6.61 Å². The van der Waals surface area contributed by atoms with Crippen LogP contribution in [0, 0.1) is 0 Å². The summed E-state index contributed by atoms with van der Waals surface area (Å²) < 4.78 is 11.5. The molecule has 0 spiro atoms. The van der Waals surface area contributed by atoms with Crippen molar-refractivity contribution >= 4 is 5.69 Å². The number of hydrogen-bond donors (Lipinski definition) is 0. The molecule has 0 saturated carbocycles. The summed E-state index contributed by atoms with van der Waals surface area (Å²) in [6.07, 6.45) is 0.996. The molecule has 1 unspecified atom stereocenters. The highest BCUT2D eigenvalue weighted by Crippen LogP contribution is 2.39. The van der Waals surface area contributed by atoms with E-state index >= 15 is 0 Å². The van der Waals surface area contributed by atoms with Gasteiger partial charge >= 0.3 is 0 Å². The van der Waals surface area contributed by atoms with E-state index in [2.05, 4.69) is 89.8 Å². The summed E-state index contributed by atoms with van der Waals surface area (Å²) in [6, 6.07) is 36.1. The lowest BCUT2D eigenvalue weighted by atomic mass is 9.87. The zero-order valence-corrected chi connectivity index (χ0v) is 18.3. The van der Waals surface area contributed by atoms with Gasteiger partial charge in [-0.2, -0.15) is 0 Å². The number of para-hydroxylation sites is 1. The molecule has 1 atom stereocenters. The lowest BCUT2D eigenvalue weighted by Crippen LogP contribution is -2.36. The van der Waals surface area contributed by atoms with Crippen LogP contribution in [0.3, 0.4) is 0 Å². The number of anilines is 1. The summed E-state index contributed by atoms with van der Waals surface area (Å²) >= 11 is 0. The van der Waals surface area contributed by atoms with E-state index in [1.807, 2.05) is 18.2 Å². The van der Waals surface area contributed by atoms with E-state index in [-0.39, 0.29) is 6.04 Å². The summed E-state index contributed by atoms with van der Waals surface area (Å²) in [4.78, 5) is 2.49. The first-order chi connectivity index (χ1) is 15.8. The van der Waals surface area contributed by atoms with E-state index in [1.165, 1.54) is 27.9 Å². The average molecular weight is 422 g/mol. The van der Waals surface area contributed by atoms with E-state index in [4.69, 9.17) is 9.47 Å². The second-order valence-electron chi connectivity index (χ2n) is 8.09. The standard InChI is InChI=1S/C29H27NO2/c1-31-27-16-17-28-24(20-27)18-19-30(25-10-6-3-7-11-25)29(28)23-12-14-26(15-13-23)32-21-22-8-4-2-5-9-22/h2-17,20,29H,18-19,21H2,1H3. The molecule has 32 heavy (non-hydrogen) atoms. The number of hydrogen-bond acceptors (Lipinski definition) is 3. The molecule has 0 saturated heterocycles. The molecule has 0 N–H and O–H groups in total. The molecule has 0 fully saturated rings. The van der Waals surface area contributed by atoms with Crippen molar-refractivity contribution in [2.45, 2.75) is 19.1 Å². The lowest BCUT2D eigenvalue weighted by molar-refractivity contribution is 0.306. The number of rotatable bonds is 6. The fraction of sp³-hybridized carbons (Fsp3) is 0.172. The fourth-order valence-corrected chi connectivity index (χ4v) is 4.47. The monoisotopic (exact) mass is 421 g/mol. The average Bonchev–Trinajstić information content (AvgIpc) is 2.88. The number of methoxy groups -OCH3 is 1. The Labute approximate surface area is 189 Å². The largest absolute Gasteiger partial charge is 0.497 e. The zero-order chi connectivity index (χ0) is 21.8. The highest BCUT2D eigenvalue weighted by molar-refractivity contribution is 5.57. The minimum Gasteiger partial charge on any atom is -0.497 e. The van der Waals surface area contributed by atoms with Crippen molar-refractivity contribution in [2.24, 2.45) is 0 Å². The van der Waals surface area contributed by atoms with Crippen LogP contribution < -0.4 is 14.4 Å². The minimum absolute atomic E-state index is 0.148. The predicted octanol–water partition coefficient (Wildman–Crippen LogP) is 6.43. The van der Waals surface area contributed by atoms with Crippen molar-refractivity contribution in [3.8, 4) is 11.5 Å². The van der Waals surface area contributed by atoms with E-state index in [1.54, 1.807) is 7.11 Å². The van der Waals surface area contributed by atoms with Gasteiger partial charge in [-0.1, -0.05) is 66.7 Å². The third-order valence-corrected chi connectivity index (χ3v) is 6.11. The second kappa shape index (κ2) is 9.19. The molecule has 4 aromatic carbocycles. The van der Waals surface area contributed by atoms with Crippen molar-refractivity contribution < 1.29 is 9.47 Å². The van der Waals surface area contributed by atoms with Crippen LogP contribution in [0.1, 0.15) is 28.3 Å². The van der Waals surface area contributed by atoms with Gasteiger partial charge in [-0.25, -0.2) is 0 Å². The van der Waals surface area contributed by atoms with Crippen LogP contribution in [0.4, 0.5) is 5.69 Å². The molecule has 0 radical (unpaired) electrons. The normalized spacial score (nSPS) is 15.2. The SMILES string of the molecule is COc1ccc2c(c1)CCN(c1ccccc1)C2c1ccc(OCc2ccccc2)cc1. The van der Waals surface area contributed by atoms with Crippen molar-refractivity contribution in [3.63, 3.8) is 0 Å². The first-order valence-corrected chi connectivity index (χ1v) is 11.1. The van der Waals surface area contributed by atoms with Crippen molar-refractivity contribution in [3.05, 3.63) is 125 Å². The van der Waals surface area contributed by atoms with Gasteiger partial charge in [-0.05, 0) is 65.1 Å². The Morgan fingerprint density at radius 2 is 1.47 bits per heavy atom. The Hall–Kier alpha value is -3.72. The van der Waals surface area contributed by atoms with Gasteiger partial charge < -0.3 is 14.4 Å². The molecule has 1 heterocycles. The smallest absolute Gasteiger partial charge is 0.119 e. The maximum Gasteiger partial charge on any atom is 0.119 e. The molecule has 3 nitrogen and oxygen atoms in total. The molecular weight excluding hydrogens is 394 g/mol. The molecule has 3 heteroatoms. The molecule has 1 aliphatic heterocycles. The third kappa shape index (κ3) is 4.19. The van der Waals surface area contributed by atoms with Crippen LogP contribution in [0.15, 0.2) is 103 Å². The maximum absolute atomic E-state index is 6.02. The summed E-state index contributed by atoms with van der Waals surface area (Å²) in [6.45, 7) is 1.53. The first-order valence-electron chi connectivity index (χ1n) is 11.1. The Kier molecular flexibility index (Phi) is 5.80. The first kappa shape index (κ1) is 20.2. The van der Waals surface area contributed by atoms with Gasteiger partial charge in [-0.3, -0.25) is 0 Å². The van der Waals surface area contributed by atoms with Crippen LogP contribution in [-0.4, -0.2) is 13.7 Å². The second-order valence-corrected chi connectivity index (χ2v) is 8.09. The van der Waals surface area contributed by atoms with Gasteiger partial charge in [0.05, 0.1) is 13.2 Å². The van der Waals surface area contributed by atoms with Gasteiger partial charge in [0.1, 0.15) is 18.1 Å². The molecule has 0 aromatic heterocycles. The van der Waals surface area contributed by atoms with Gasteiger partial charge in [0, 0.05) is 12.2 Å². The third-order valence-electron chi connectivity index (χ3n) is 6.11. The highest BCUT2D eigenvalue weighted by atomic mass is 16.5. The lowest BCUT2D eigenvalue weighted by Gasteiger charge is -2.39. The van der Waals surface area contributed by atoms with E-state index in [9.17, 15) is 0 Å². The maximum atomic E-state index is 6.02. The zero-order valence-electron chi connectivity index (χ0n) is 18.3. The number of fused-ring (bicyclic) bond motifs is 1.